The largest absolute Gasteiger partial charge is 0.416 e. The molecule has 0 saturated heterocycles. The number of pyridine rings is 1. The van der Waals surface area contributed by atoms with Crippen LogP contribution in [-0.2, 0) is 24.1 Å². The number of carbonyl (C=O) groups excluding carboxylic acids is 1. The molecule has 0 aromatic carbocycles. The average Bonchev–Trinajstić information content (AvgIpc) is 3.09. The van der Waals surface area contributed by atoms with Crippen LogP contribution in [0.3, 0.4) is 0 Å². The molecule has 0 aliphatic heterocycles. The number of alkyl halides is 4. The van der Waals surface area contributed by atoms with Crippen LogP contribution >= 0.6 is 0 Å². The smallest absolute Gasteiger partial charge is 0.393 e. The van der Waals surface area contributed by atoms with Gasteiger partial charge in [-0.2, -0.15) is 13.2 Å². The number of hydrogen-bond donors (Lipinski definition) is 3. The first-order valence-corrected chi connectivity index (χ1v) is 8.84. The minimum absolute atomic E-state index is 0.00255. The van der Waals surface area contributed by atoms with Crippen molar-refractivity contribution < 1.29 is 22.4 Å². The van der Waals surface area contributed by atoms with Crippen LogP contribution in [0.4, 0.5) is 17.6 Å². The molecule has 9 nitrogen and oxygen atoms in total. The summed E-state index contributed by atoms with van der Waals surface area (Å²) in [5, 5.41) is 10.9. The molecule has 5 N–H and O–H groups in total. The van der Waals surface area contributed by atoms with Crippen LogP contribution in [0, 0.1) is 6.92 Å². The van der Waals surface area contributed by atoms with Crippen molar-refractivity contribution in [1.82, 2.24) is 30.3 Å². The molecule has 30 heavy (non-hydrogen) atoms. The molecule has 2 aromatic heterocycles. The molecule has 0 saturated carbocycles. The van der Waals surface area contributed by atoms with E-state index in [0.717, 1.165) is 29.5 Å². The number of hydrogen-bond acceptors (Lipinski definition) is 7. The zero-order valence-electron chi connectivity index (χ0n) is 16.1. The van der Waals surface area contributed by atoms with E-state index in [0.29, 0.717) is 12.2 Å². The number of nitrogens with zero attached hydrogens (tertiary/aromatic N) is 5. The summed E-state index contributed by atoms with van der Waals surface area (Å²) in [5.41, 5.74) is 5.11. The monoisotopic (exact) mass is 430 g/mol. The molecule has 0 aliphatic rings. The predicted molar refractivity (Wildman–Crippen MR) is 98.5 cm³/mol. The summed E-state index contributed by atoms with van der Waals surface area (Å²) in [6, 6.07) is 1.64. The van der Waals surface area contributed by atoms with E-state index in [1.54, 1.807) is 13.1 Å². The summed E-state index contributed by atoms with van der Waals surface area (Å²) < 4.78 is 53.6. The Kier molecular flexibility index (Phi) is 7.69. The van der Waals surface area contributed by atoms with E-state index in [9.17, 15) is 22.4 Å². The molecule has 2 heterocycles. The first-order valence-electron chi connectivity index (χ1n) is 8.84. The number of carbonyl (C=O) groups is 1. The first kappa shape index (κ1) is 23.1. The second-order valence-corrected chi connectivity index (χ2v) is 6.51. The van der Waals surface area contributed by atoms with Gasteiger partial charge in [-0.3, -0.25) is 14.5 Å². The third-order valence-corrected chi connectivity index (χ3v) is 3.87. The van der Waals surface area contributed by atoms with Gasteiger partial charge < -0.3 is 16.1 Å². The third kappa shape index (κ3) is 7.31. The standard InChI is InChI=1S/C17H22F4N8O/c1-11-8-29(27-26-11)5-3-13(18)9-28(23)10-15(22)16(30)25-7-14-6-12(2-4-24-14)17(19,20)21/h2,4,6,8,10,13H,3,5,7,9,22-23H2,1H3,(H,25,30)/b15-10-. The first-order chi connectivity index (χ1) is 14.0. The second kappa shape index (κ2) is 10.0. The van der Waals surface area contributed by atoms with Crippen LogP contribution in [0.2, 0.25) is 0 Å². The molecule has 1 atom stereocenters. The molecule has 0 bridgehead atoms. The molecule has 0 radical (unpaired) electrons. The van der Waals surface area contributed by atoms with Crippen molar-refractivity contribution in [3.63, 3.8) is 0 Å². The van der Waals surface area contributed by atoms with Gasteiger partial charge >= 0.3 is 6.18 Å². The fourth-order valence-electron chi connectivity index (χ4n) is 2.41. The average molecular weight is 430 g/mol. The van der Waals surface area contributed by atoms with Gasteiger partial charge in [0.05, 0.1) is 30.0 Å². The quantitative estimate of drug-likeness (QED) is 0.235. The molecule has 2 rings (SSSR count). The van der Waals surface area contributed by atoms with Gasteiger partial charge in [0.2, 0.25) is 0 Å². The van der Waals surface area contributed by atoms with Crippen LogP contribution in [0.5, 0.6) is 0 Å². The number of aromatic nitrogens is 4. The Hall–Kier alpha value is -3.22. The highest BCUT2D eigenvalue weighted by atomic mass is 19.4. The number of rotatable bonds is 9. The van der Waals surface area contributed by atoms with Crippen molar-refractivity contribution >= 4 is 5.91 Å². The van der Waals surface area contributed by atoms with E-state index in [1.165, 1.54) is 4.68 Å². The second-order valence-electron chi connectivity index (χ2n) is 6.51. The van der Waals surface area contributed by atoms with Gasteiger partial charge in [0.1, 0.15) is 11.9 Å². The van der Waals surface area contributed by atoms with E-state index in [1.807, 2.05) is 0 Å². The molecule has 2 aromatic rings. The Bertz CT molecular complexity index is 883. The summed E-state index contributed by atoms with van der Waals surface area (Å²) in [5.74, 6) is 4.87. The third-order valence-electron chi connectivity index (χ3n) is 3.87. The number of amides is 1. The predicted octanol–water partition coefficient (Wildman–Crippen LogP) is 1.02. The van der Waals surface area contributed by atoms with Gasteiger partial charge in [-0.1, -0.05) is 5.21 Å². The summed E-state index contributed by atoms with van der Waals surface area (Å²) >= 11 is 0. The van der Waals surface area contributed by atoms with Crippen molar-refractivity contribution in [2.75, 3.05) is 6.54 Å². The fourth-order valence-corrected chi connectivity index (χ4v) is 2.41. The number of aryl methyl sites for hydroxylation is 2. The molecule has 0 fully saturated rings. The topological polar surface area (TPSA) is 128 Å². The van der Waals surface area contributed by atoms with Crippen LogP contribution in [0.1, 0.15) is 23.4 Å². The van der Waals surface area contributed by atoms with Gasteiger partial charge in [-0.05, 0) is 19.1 Å². The minimum Gasteiger partial charge on any atom is -0.393 e. The molecule has 13 heteroatoms. The van der Waals surface area contributed by atoms with Crippen molar-refractivity contribution in [2.45, 2.75) is 38.8 Å². The SMILES string of the molecule is Cc1cn(CCC(F)CN(N)/C=C(\N)C(=O)NCc2cc(C(F)(F)F)ccn2)nn1. The van der Waals surface area contributed by atoms with E-state index in [4.69, 9.17) is 11.6 Å². The highest BCUT2D eigenvalue weighted by molar-refractivity contribution is 5.92. The van der Waals surface area contributed by atoms with Crippen molar-refractivity contribution in [3.8, 4) is 0 Å². The maximum absolute atomic E-state index is 14.0. The molecule has 164 valence electrons. The van der Waals surface area contributed by atoms with Gasteiger partial charge in [-0.15, -0.1) is 5.10 Å². The highest BCUT2D eigenvalue weighted by Gasteiger charge is 2.30. The van der Waals surface area contributed by atoms with Crippen LogP contribution in [0.15, 0.2) is 36.4 Å². The Morgan fingerprint density at radius 3 is 2.80 bits per heavy atom. The highest BCUT2D eigenvalue weighted by Crippen LogP contribution is 2.28. The number of halogens is 4. The maximum atomic E-state index is 14.0. The lowest BCUT2D eigenvalue weighted by atomic mass is 10.2. The van der Waals surface area contributed by atoms with Crippen molar-refractivity contribution in [1.29, 1.82) is 0 Å². The molecule has 0 spiro atoms. The Labute approximate surface area is 169 Å². The number of nitrogens with two attached hydrogens (primary N) is 2. The normalized spacial score (nSPS) is 13.2. The zero-order chi connectivity index (χ0) is 22.3. The molecule has 1 amide bonds. The lowest BCUT2D eigenvalue weighted by Crippen LogP contribution is -2.36. The summed E-state index contributed by atoms with van der Waals surface area (Å²) in [6.07, 6.45) is -2.00. The van der Waals surface area contributed by atoms with Gasteiger partial charge in [-0.25, -0.2) is 10.2 Å². The lowest BCUT2D eigenvalue weighted by molar-refractivity contribution is -0.137. The molecule has 0 aliphatic carbocycles. The van der Waals surface area contributed by atoms with Gasteiger partial charge in [0.25, 0.3) is 5.91 Å². The van der Waals surface area contributed by atoms with Crippen LogP contribution < -0.4 is 16.9 Å². The summed E-state index contributed by atoms with van der Waals surface area (Å²) in [6.45, 7) is 1.57. The van der Waals surface area contributed by atoms with E-state index in [-0.39, 0.29) is 30.9 Å². The van der Waals surface area contributed by atoms with Gasteiger partial charge in [0, 0.05) is 31.6 Å². The molecular formula is C17H22F4N8O. The Morgan fingerprint density at radius 2 is 2.17 bits per heavy atom. The minimum atomic E-state index is -4.52. The number of nitrogens with one attached hydrogen (secondary N) is 1. The van der Waals surface area contributed by atoms with E-state index < -0.39 is 23.8 Å². The van der Waals surface area contributed by atoms with Crippen LogP contribution in [-0.4, -0.2) is 43.6 Å². The molecule has 1 unspecified atom stereocenters. The lowest BCUT2D eigenvalue weighted by Gasteiger charge is -2.17. The van der Waals surface area contributed by atoms with E-state index >= 15 is 0 Å². The van der Waals surface area contributed by atoms with Crippen molar-refractivity contribution in [3.05, 3.63) is 53.4 Å². The van der Waals surface area contributed by atoms with Crippen LogP contribution in [0.25, 0.3) is 0 Å². The Morgan fingerprint density at radius 1 is 1.43 bits per heavy atom. The summed E-state index contributed by atoms with van der Waals surface area (Å²) in [4.78, 5) is 15.7. The Balaban J connectivity index is 1.81. The van der Waals surface area contributed by atoms with E-state index in [2.05, 4.69) is 20.6 Å². The zero-order valence-corrected chi connectivity index (χ0v) is 16.1. The maximum Gasteiger partial charge on any atom is 0.416 e. The van der Waals surface area contributed by atoms with Crippen molar-refractivity contribution in [2.24, 2.45) is 11.6 Å². The van der Waals surface area contributed by atoms with Gasteiger partial charge in [0.15, 0.2) is 0 Å². The summed E-state index contributed by atoms with van der Waals surface area (Å²) in [7, 11) is 0. The number of hydrazine groups is 1. The molecular weight excluding hydrogens is 408 g/mol. The fraction of sp³-hybridized carbons (Fsp3) is 0.412.